The van der Waals surface area contributed by atoms with Gasteiger partial charge in [-0.05, 0) is 89.9 Å². The Morgan fingerprint density at radius 3 is 1.44 bits per heavy atom. The quantitative estimate of drug-likeness (QED) is 0.0173. The summed E-state index contributed by atoms with van der Waals surface area (Å²) in [5, 5.41) is 72.2. The van der Waals surface area contributed by atoms with Crippen LogP contribution in [0.15, 0.2) is 85.1 Å². The third kappa shape index (κ3) is 30.8. The van der Waals surface area contributed by atoms with Crippen LogP contribution >= 0.6 is 0 Å². The number of carbonyl (C=O) groups is 1. The second-order valence-corrected chi connectivity index (χ2v) is 18.7. The van der Waals surface area contributed by atoms with Gasteiger partial charge in [0.1, 0.15) is 54.9 Å². The van der Waals surface area contributed by atoms with E-state index in [0.29, 0.717) is 13.0 Å². The lowest BCUT2D eigenvalue weighted by molar-refractivity contribution is -0.332. The molecule has 0 aromatic heterocycles. The van der Waals surface area contributed by atoms with Crippen molar-refractivity contribution in [2.24, 2.45) is 0 Å². The molecule has 0 spiro atoms. The van der Waals surface area contributed by atoms with Crippen LogP contribution in [0.1, 0.15) is 168 Å². The standard InChI is InChI=1S/C57H96O14/c1-3-5-7-9-11-13-15-17-19-20-21-22-23-24-25-27-29-31-33-35-37-39-41-66-43-46(69-49(59)40-38-36-34-32-30-28-26-18-16-14-12-10-8-6-4-2)44-67-56-55(65)53(63)51(61)48(71-56)45-68-57-54(64)52(62)50(60)47(42-58)70-57/h5,7,11-14,17-19,21-22,24-26,46-48,50-58,60-65H,3-4,6,8-10,15-16,20,23,27-45H2,1-2H3/b7-5-,13-11-,14-12-,19-17-,22-21-,25-24-,26-18-. The molecule has 408 valence electrons. The number of hydrogen-bond acceptors (Lipinski definition) is 14. The zero-order valence-electron chi connectivity index (χ0n) is 43.4. The largest absolute Gasteiger partial charge is 0.457 e. The average molecular weight is 1010 g/mol. The van der Waals surface area contributed by atoms with Gasteiger partial charge in [-0.2, -0.15) is 0 Å². The van der Waals surface area contributed by atoms with E-state index in [-0.39, 0.29) is 19.6 Å². The fraction of sp³-hybridized carbons (Fsp3) is 0.737. The second-order valence-electron chi connectivity index (χ2n) is 18.7. The smallest absolute Gasteiger partial charge is 0.306 e. The van der Waals surface area contributed by atoms with Crippen LogP contribution in [-0.4, -0.2) is 142 Å². The molecule has 2 rings (SSSR count). The molecule has 71 heavy (non-hydrogen) atoms. The molecule has 2 heterocycles. The van der Waals surface area contributed by atoms with Gasteiger partial charge in [-0.25, -0.2) is 0 Å². The van der Waals surface area contributed by atoms with Gasteiger partial charge >= 0.3 is 5.97 Å². The van der Waals surface area contributed by atoms with E-state index in [0.717, 1.165) is 116 Å². The fourth-order valence-corrected chi connectivity index (χ4v) is 7.99. The van der Waals surface area contributed by atoms with Crippen molar-refractivity contribution in [3.05, 3.63) is 85.1 Å². The number of hydrogen-bond donors (Lipinski definition) is 7. The number of unbranched alkanes of at least 4 members (excludes halogenated alkanes) is 14. The van der Waals surface area contributed by atoms with E-state index in [1.807, 2.05) is 0 Å². The molecule has 2 fully saturated rings. The normalized spacial score (nSPS) is 26.0. The van der Waals surface area contributed by atoms with Gasteiger partial charge in [-0.3, -0.25) is 4.79 Å². The van der Waals surface area contributed by atoms with Crippen LogP contribution in [0.4, 0.5) is 0 Å². The maximum absolute atomic E-state index is 13.0. The van der Waals surface area contributed by atoms with Gasteiger partial charge in [0.25, 0.3) is 0 Å². The van der Waals surface area contributed by atoms with Crippen LogP contribution in [-0.2, 0) is 33.2 Å². The van der Waals surface area contributed by atoms with Gasteiger partial charge in [0.05, 0.1) is 26.4 Å². The third-order valence-corrected chi connectivity index (χ3v) is 12.4. The Hall–Kier alpha value is -2.83. The zero-order chi connectivity index (χ0) is 51.6. The minimum absolute atomic E-state index is 0.0405. The number of allylic oxidation sites excluding steroid dienone is 14. The molecule has 0 aromatic carbocycles. The topological polar surface area (TPSA) is 214 Å². The van der Waals surface area contributed by atoms with Crippen molar-refractivity contribution in [1.29, 1.82) is 0 Å². The van der Waals surface area contributed by atoms with Crippen molar-refractivity contribution in [3.8, 4) is 0 Å². The summed E-state index contributed by atoms with van der Waals surface area (Å²) in [6.07, 6.45) is 39.2. The fourth-order valence-electron chi connectivity index (χ4n) is 7.99. The number of aliphatic hydroxyl groups excluding tert-OH is 7. The van der Waals surface area contributed by atoms with E-state index in [9.17, 15) is 40.5 Å². The summed E-state index contributed by atoms with van der Waals surface area (Å²) in [6, 6.07) is 0. The van der Waals surface area contributed by atoms with E-state index in [4.69, 9.17) is 28.4 Å². The van der Waals surface area contributed by atoms with Crippen LogP contribution in [0.2, 0.25) is 0 Å². The molecule has 0 aromatic rings. The first-order valence-electron chi connectivity index (χ1n) is 27.2. The van der Waals surface area contributed by atoms with E-state index in [1.54, 1.807) is 0 Å². The SMILES string of the molecule is CC/C=C\C/C=C\C/C=C\C/C=C\C/C=C\CCCCCCCCOCC(COC1OC(COC2OC(CO)C(O)C(O)C2O)C(O)C(O)C1O)OC(=O)CCCCCCC/C=C\C/C=C\CCCCC. The first-order valence-corrected chi connectivity index (χ1v) is 27.2. The number of aliphatic hydroxyl groups is 7. The van der Waals surface area contributed by atoms with Gasteiger partial charge < -0.3 is 64.2 Å². The summed E-state index contributed by atoms with van der Waals surface area (Å²) in [4.78, 5) is 13.0. The molecule has 2 saturated heterocycles. The summed E-state index contributed by atoms with van der Waals surface area (Å²) in [5.41, 5.74) is 0. The van der Waals surface area contributed by atoms with Crippen molar-refractivity contribution >= 4 is 5.97 Å². The molecule has 14 heteroatoms. The van der Waals surface area contributed by atoms with Crippen molar-refractivity contribution in [2.45, 2.75) is 235 Å². The molecule has 7 N–H and O–H groups in total. The highest BCUT2D eigenvalue weighted by atomic mass is 16.7. The van der Waals surface area contributed by atoms with Crippen molar-refractivity contribution < 1.29 is 69.0 Å². The predicted molar refractivity (Wildman–Crippen MR) is 279 cm³/mol. The maximum Gasteiger partial charge on any atom is 0.306 e. The van der Waals surface area contributed by atoms with E-state index in [1.165, 1.54) is 25.7 Å². The second kappa shape index (κ2) is 43.6. The summed E-state index contributed by atoms with van der Waals surface area (Å²) < 4.78 is 34.3. The highest BCUT2D eigenvalue weighted by Crippen LogP contribution is 2.26. The molecule has 0 aliphatic carbocycles. The molecule has 2 aliphatic heterocycles. The molecular weight excluding hydrogens is 909 g/mol. The third-order valence-electron chi connectivity index (χ3n) is 12.4. The van der Waals surface area contributed by atoms with E-state index < -0.39 is 86.7 Å². The summed E-state index contributed by atoms with van der Waals surface area (Å²) in [7, 11) is 0. The monoisotopic (exact) mass is 1000 g/mol. The predicted octanol–water partition coefficient (Wildman–Crippen LogP) is 8.85. The van der Waals surface area contributed by atoms with Gasteiger partial charge in [0, 0.05) is 13.0 Å². The van der Waals surface area contributed by atoms with Gasteiger partial charge in [0.2, 0.25) is 0 Å². The van der Waals surface area contributed by atoms with Crippen molar-refractivity contribution in [1.82, 2.24) is 0 Å². The van der Waals surface area contributed by atoms with Crippen LogP contribution in [0.3, 0.4) is 0 Å². The van der Waals surface area contributed by atoms with Crippen molar-refractivity contribution in [2.75, 3.05) is 33.0 Å². The van der Waals surface area contributed by atoms with Gasteiger partial charge in [0.15, 0.2) is 12.6 Å². The van der Waals surface area contributed by atoms with Crippen molar-refractivity contribution in [3.63, 3.8) is 0 Å². The lowest BCUT2D eigenvalue weighted by Crippen LogP contribution is -2.61. The molecule has 0 radical (unpaired) electrons. The van der Waals surface area contributed by atoms with Gasteiger partial charge in [-0.15, -0.1) is 0 Å². The Balaban J connectivity index is 1.76. The first-order chi connectivity index (χ1) is 34.6. The highest BCUT2D eigenvalue weighted by Gasteiger charge is 2.47. The first kappa shape index (κ1) is 64.3. The Morgan fingerprint density at radius 1 is 0.479 bits per heavy atom. The Labute approximate surface area is 427 Å². The minimum atomic E-state index is -1.72. The minimum Gasteiger partial charge on any atom is -0.457 e. The van der Waals surface area contributed by atoms with E-state index in [2.05, 4.69) is 98.9 Å². The molecule has 0 bridgehead atoms. The zero-order valence-corrected chi connectivity index (χ0v) is 43.4. The van der Waals surface area contributed by atoms with Crippen LogP contribution in [0.5, 0.6) is 0 Å². The van der Waals surface area contributed by atoms with Crippen LogP contribution in [0.25, 0.3) is 0 Å². The molecule has 0 amide bonds. The molecule has 11 unspecified atom stereocenters. The summed E-state index contributed by atoms with van der Waals surface area (Å²) in [5.74, 6) is -0.399. The van der Waals surface area contributed by atoms with Crippen LogP contribution < -0.4 is 0 Å². The lowest BCUT2D eigenvalue weighted by atomic mass is 9.98. The summed E-state index contributed by atoms with van der Waals surface area (Å²) in [6.45, 7) is 3.47. The average Bonchev–Trinajstić information content (AvgIpc) is 3.37. The number of esters is 1. The Kier molecular flexibility index (Phi) is 39.4. The molecule has 14 nitrogen and oxygen atoms in total. The van der Waals surface area contributed by atoms with Crippen LogP contribution in [0, 0.1) is 0 Å². The molecule has 2 aliphatic rings. The number of ether oxygens (including phenoxy) is 6. The highest BCUT2D eigenvalue weighted by molar-refractivity contribution is 5.69. The number of rotatable bonds is 42. The van der Waals surface area contributed by atoms with Gasteiger partial charge in [-0.1, -0.05) is 157 Å². The Bertz CT molecular complexity index is 1490. The molecular formula is C57H96O14. The molecule has 0 saturated carbocycles. The maximum atomic E-state index is 13.0. The Morgan fingerprint density at radius 2 is 0.915 bits per heavy atom. The van der Waals surface area contributed by atoms with E-state index >= 15 is 0 Å². The number of carbonyl (C=O) groups excluding carboxylic acids is 1. The summed E-state index contributed by atoms with van der Waals surface area (Å²) >= 11 is 0. The molecule has 11 atom stereocenters. The lowest BCUT2D eigenvalue weighted by Gasteiger charge is -2.42.